The minimum atomic E-state index is -1.23. The molecule has 0 bridgehead atoms. The highest BCUT2D eigenvalue weighted by molar-refractivity contribution is 5.94. The maximum Gasteiger partial charge on any atom is 0.408 e. The third-order valence-corrected chi connectivity index (χ3v) is 6.68. The molecule has 3 N–H and O–H groups in total. The Morgan fingerprint density at radius 3 is 2.07 bits per heavy atom. The minimum Gasteiger partial charge on any atom is -0.508 e. The summed E-state index contributed by atoms with van der Waals surface area (Å²) in [4.78, 5) is 55.7. The number of aromatic hydroxyl groups is 1. The van der Waals surface area contributed by atoms with E-state index in [2.05, 4.69) is 17.6 Å². The van der Waals surface area contributed by atoms with Crippen molar-refractivity contribution in [1.82, 2.24) is 15.5 Å². The summed E-state index contributed by atoms with van der Waals surface area (Å²) < 4.78 is 11.0. The number of rotatable bonds is 14. The number of benzene rings is 2. The Labute approximate surface area is 267 Å². The molecule has 2 aromatic carbocycles. The number of amides is 3. The fraction of sp³-hybridized carbons (Fsp3) is 0.543. The lowest BCUT2D eigenvalue weighted by molar-refractivity contribution is -0.159. The van der Waals surface area contributed by atoms with Gasteiger partial charge in [0.1, 0.15) is 35.1 Å². The minimum absolute atomic E-state index is 0.0865. The van der Waals surface area contributed by atoms with Crippen LogP contribution >= 0.6 is 0 Å². The lowest BCUT2D eigenvalue weighted by Gasteiger charge is -2.35. The number of unbranched alkanes of at least 4 members (excludes halogenated alkanes) is 3. The van der Waals surface area contributed by atoms with Crippen LogP contribution in [0.5, 0.6) is 5.75 Å². The second kappa shape index (κ2) is 16.8. The van der Waals surface area contributed by atoms with Crippen LogP contribution < -0.4 is 10.6 Å². The van der Waals surface area contributed by atoms with Gasteiger partial charge in [-0.1, -0.05) is 68.7 Å². The first-order valence-corrected chi connectivity index (χ1v) is 15.7. The van der Waals surface area contributed by atoms with Crippen LogP contribution in [0.2, 0.25) is 0 Å². The third-order valence-electron chi connectivity index (χ3n) is 6.68. The zero-order valence-corrected chi connectivity index (χ0v) is 28.0. The zero-order chi connectivity index (χ0) is 33.8. The summed E-state index contributed by atoms with van der Waals surface area (Å²) in [7, 11) is 0. The van der Waals surface area contributed by atoms with Crippen molar-refractivity contribution in [2.45, 2.75) is 117 Å². The molecule has 10 heteroatoms. The quantitative estimate of drug-likeness (QED) is 0.178. The smallest absolute Gasteiger partial charge is 0.408 e. The highest BCUT2D eigenvalue weighted by Gasteiger charge is 2.37. The van der Waals surface area contributed by atoms with Gasteiger partial charge in [-0.2, -0.15) is 0 Å². The summed E-state index contributed by atoms with van der Waals surface area (Å²) in [6.07, 6.45) is 2.72. The number of nitrogens with zero attached hydrogens (tertiary/aromatic N) is 1. The van der Waals surface area contributed by atoms with Crippen molar-refractivity contribution < 1.29 is 33.8 Å². The second-order valence-corrected chi connectivity index (χ2v) is 13.2. The number of carbonyl (C=O) groups excluding carboxylic acids is 4. The lowest BCUT2D eigenvalue weighted by Crippen LogP contribution is -2.54. The normalized spacial score (nSPS) is 13.6. The van der Waals surface area contributed by atoms with Crippen molar-refractivity contribution in [3.05, 3.63) is 65.7 Å². The molecular formula is C35H51N3O7. The Morgan fingerprint density at radius 2 is 1.49 bits per heavy atom. The molecule has 0 radical (unpaired) electrons. The Kier molecular flexibility index (Phi) is 13.9. The van der Waals surface area contributed by atoms with Crippen LogP contribution in [0.15, 0.2) is 54.6 Å². The molecule has 0 saturated heterocycles. The highest BCUT2D eigenvalue weighted by Crippen LogP contribution is 2.27. The van der Waals surface area contributed by atoms with Crippen LogP contribution in [0.25, 0.3) is 0 Å². The zero-order valence-electron chi connectivity index (χ0n) is 28.0. The lowest BCUT2D eigenvalue weighted by atomic mass is 10.00. The van der Waals surface area contributed by atoms with E-state index in [4.69, 9.17) is 9.47 Å². The molecule has 45 heavy (non-hydrogen) atoms. The van der Waals surface area contributed by atoms with Crippen molar-refractivity contribution in [2.24, 2.45) is 0 Å². The van der Waals surface area contributed by atoms with Crippen molar-refractivity contribution in [3.63, 3.8) is 0 Å². The van der Waals surface area contributed by atoms with Gasteiger partial charge in [0.05, 0.1) is 0 Å². The van der Waals surface area contributed by atoms with E-state index in [1.165, 1.54) is 24.0 Å². The van der Waals surface area contributed by atoms with Crippen molar-refractivity contribution in [2.75, 3.05) is 6.54 Å². The van der Waals surface area contributed by atoms with E-state index in [1.807, 2.05) is 30.3 Å². The molecule has 0 fully saturated rings. The second-order valence-electron chi connectivity index (χ2n) is 13.2. The predicted molar refractivity (Wildman–Crippen MR) is 173 cm³/mol. The molecule has 0 saturated carbocycles. The SMILES string of the molecule is CCCCCCN(C(=O)C(C)NC(=O)OC(C)(C)C)C(C(=O)NC(Cc1ccccc1)C(=O)OC(C)(C)C)c1cccc(O)c1. The fourth-order valence-corrected chi connectivity index (χ4v) is 4.70. The third kappa shape index (κ3) is 13.2. The number of hydrogen-bond acceptors (Lipinski definition) is 7. The van der Waals surface area contributed by atoms with Crippen LogP contribution in [0.4, 0.5) is 4.79 Å². The molecule has 3 amide bonds. The van der Waals surface area contributed by atoms with Crippen LogP contribution in [0, 0.1) is 0 Å². The number of nitrogens with one attached hydrogen (secondary N) is 2. The summed E-state index contributed by atoms with van der Waals surface area (Å²) >= 11 is 0. The van der Waals surface area contributed by atoms with E-state index in [9.17, 15) is 24.3 Å². The van der Waals surface area contributed by atoms with E-state index in [1.54, 1.807) is 53.7 Å². The summed E-state index contributed by atoms with van der Waals surface area (Å²) in [5.74, 6) is -1.84. The number of phenols is 1. The molecule has 0 aromatic heterocycles. The van der Waals surface area contributed by atoms with Crippen LogP contribution in [-0.2, 0) is 30.3 Å². The van der Waals surface area contributed by atoms with Gasteiger partial charge in [0.15, 0.2) is 0 Å². The fourth-order valence-electron chi connectivity index (χ4n) is 4.70. The van der Waals surface area contributed by atoms with Gasteiger partial charge in [-0.05, 0) is 78.1 Å². The molecule has 2 rings (SSSR count). The Morgan fingerprint density at radius 1 is 0.844 bits per heavy atom. The molecule has 248 valence electrons. The Bertz CT molecular complexity index is 1270. The first kappa shape index (κ1) is 37.1. The molecule has 3 unspecified atom stereocenters. The predicted octanol–water partition coefficient (Wildman–Crippen LogP) is 5.82. The van der Waals surface area contributed by atoms with E-state index >= 15 is 0 Å². The van der Waals surface area contributed by atoms with Crippen LogP contribution in [0.3, 0.4) is 0 Å². The van der Waals surface area contributed by atoms with E-state index < -0.39 is 53.2 Å². The number of phenolic OH excluding ortho intramolecular Hbond substituents is 1. The molecule has 0 spiro atoms. The molecule has 10 nitrogen and oxygen atoms in total. The highest BCUT2D eigenvalue weighted by atomic mass is 16.6. The molecular weight excluding hydrogens is 574 g/mol. The first-order chi connectivity index (χ1) is 21.0. The first-order valence-electron chi connectivity index (χ1n) is 15.7. The Hall–Kier alpha value is -4.08. The monoisotopic (exact) mass is 625 g/mol. The average molecular weight is 626 g/mol. The molecule has 0 heterocycles. The van der Waals surface area contributed by atoms with E-state index in [0.717, 1.165) is 24.8 Å². The van der Waals surface area contributed by atoms with Gasteiger partial charge < -0.3 is 30.1 Å². The van der Waals surface area contributed by atoms with Gasteiger partial charge in [0.25, 0.3) is 0 Å². The van der Waals surface area contributed by atoms with Gasteiger partial charge in [0, 0.05) is 13.0 Å². The number of hydrogen-bond donors (Lipinski definition) is 3. The number of ether oxygens (including phenoxy) is 2. The average Bonchev–Trinajstić information content (AvgIpc) is 2.92. The summed E-state index contributed by atoms with van der Waals surface area (Å²) in [5.41, 5.74) is -0.411. The van der Waals surface area contributed by atoms with E-state index in [0.29, 0.717) is 12.0 Å². The Balaban J connectivity index is 2.53. The summed E-state index contributed by atoms with van der Waals surface area (Å²) in [6, 6.07) is 12.0. The van der Waals surface area contributed by atoms with Crippen molar-refractivity contribution in [1.29, 1.82) is 0 Å². The van der Waals surface area contributed by atoms with Gasteiger partial charge in [-0.25, -0.2) is 9.59 Å². The van der Waals surface area contributed by atoms with Gasteiger partial charge in [0.2, 0.25) is 11.8 Å². The molecule has 0 aliphatic rings. The van der Waals surface area contributed by atoms with Crippen molar-refractivity contribution in [3.8, 4) is 5.75 Å². The van der Waals surface area contributed by atoms with Crippen LogP contribution in [0.1, 0.15) is 98.2 Å². The molecule has 0 aliphatic heterocycles. The maximum atomic E-state index is 14.3. The topological polar surface area (TPSA) is 134 Å². The van der Waals surface area contributed by atoms with Gasteiger partial charge in [-0.15, -0.1) is 0 Å². The van der Waals surface area contributed by atoms with Crippen LogP contribution in [-0.4, -0.2) is 63.7 Å². The number of esters is 1. The summed E-state index contributed by atoms with van der Waals surface area (Å²) in [6.45, 7) is 14.2. The summed E-state index contributed by atoms with van der Waals surface area (Å²) in [5, 5.41) is 15.8. The van der Waals surface area contributed by atoms with Gasteiger partial charge >= 0.3 is 12.1 Å². The number of alkyl carbamates (subject to hydrolysis) is 1. The molecule has 0 aliphatic carbocycles. The van der Waals surface area contributed by atoms with E-state index in [-0.39, 0.29) is 18.7 Å². The number of carbonyl (C=O) groups is 4. The van der Waals surface area contributed by atoms with Gasteiger partial charge in [-0.3, -0.25) is 9.59 Å². The standard InChI is InChI=1S/C35H51N3O7/c1-9-10-11-15-21-38(31(41)24(2)36-33(43)45-35(6,7)8)29(26-19-16-20-27(39)23-26)30(40)37-28(32(42)44-34(3,4)5)22-25-17-13-12-14-18-25/h12-14,16-20,23-24,28-29,39H,9-11,15,21-22H2,1-8H3,(H,36,43)(H,37,40). The van der Waals surface area contributed by atoms with Crippen molar-refractivity contribution >= 4 is 23.9 Å². The molecule has 2 aromatic rings. The largest absolute Gasteiger partial charge is 0.508 e. The molecule has 3 atom stereocenters. The maximum absolute atomic E-state index is 14.3.